The fraction of sp³-hybridized carbons (Fsp3) is 0.217. The summed E-state index contributed by atoms with van der Waals surface area (Å²) in [4.78, 5) is 15.5. The minimum absolute atomic E-state index is 0.344. The number of carboxylic acid groups (broad SMARTS) is 1. The van der Waals surface area contributed by atoms with Gasteiger partial charge in [-0.05, 0) is 59.6 Å². The summed E-state index contributed by atoms with van der Waals surface area (Å²) in [6.45, 7) is 0.689. The number of pyridine rings is 1. The van der Waals surface area contributed by atoms with E-state index in [-0.39, 0.29) is 0 Å². The van der Waals surface area contributed by atoms with Gasteiger partial charge < -0.3 is 9.84 Å². The maximum atomic E-state index is 11.4. The molecule has 3 aromatic rings. The van der Waals surface area contributed by atoms with E-state index >= 15 is 0 Å². The molecular formula is C23H21NO3. The summed E-state index contributed by atoms with van der Waals surface area (Å²) in [7, 11) is 0. The Hall–Kier alpha value is -3.14. The van der Waals surface area contributed by atoms with Crippen LogP contribution in [-0.4, -0.2) is 22.7 Å². The van der Waals surface area contributed by atoms with Gasteiger partial charge in [-0.1, -0.05) is 42.5 Å². The van der Waals surface area contributed by atoms with Crippen LogP contribution in [-0.2, 0) is 6.42 Å². The summed E-state index contributed by atoms with van der Waals surface area (Å²) in [5, 5.41) is 9.35. The zero-order valence-corrected chi connectivity index (χ0v) is 15.0. The molecule has 1 N–H and O–H groups in total. The van der Waals surface area contributed by atoms with Crippen molar-refractivity contribution < 1.29 is 14.6 Å². The largest absolute Gasteiger partial charge is 0.493 e. The number of aromatic carboxylic acids is 1. The first-order valence-electron chi connectivity index (χ1n) is 9.21. The van der Waals surface area contributed by atoms with Crippen LogP contribution in [0.2, 0.25) is 0 Å². The van der Waals surface area contributed by atoms with Crippen molar-refractivity contribution in [1.29, 1.82) is 0 Å². The normalized spacial score (nSPS) is 15.6. The van der Waals surface area contributed by atoms with Gasteiger partial charge in [0.1, 0.15) is 5.75 Å². The summed E-state index contributed by atoms with van der Waals surface area (Å²) in [6, 6.07) is 18.3. The molecule has 0 radical (unpaired) electrons. The second kappa shape index (κ2) is 7.62. The van der Waals surface area contributed by atoms with E-state index in [0.29, 0.717) is 24.5 Å². The average molecular weight is 359 g/mol. The predicted molar refractivity (Wildman–Crippen MR) is 104 cm³/mol. The molecule has 0 bridgehead atoms. The maximum Gasteiger partial charge on any atom is 0.336 e. The Labute approximate surface area is 158 Å². The van der Waals surface area contributed by atoms with Crippen LogP contribution in [0, 0.1) is 0 Å². The number of aryl methyl sites for hydroxylation is 1. The molecule has 0 unspecified atom stereocenters. The first-order valence-corrected chi connectivity index (χ1v) is 9.21. The Morgan fingerprint density at radius 3 is 2.78 bits per heavy atom. The Morgan fingerprint density at radius 1 is 1.11 bits per heavy atom. The lowest BCUT2D eigenvalue weighted by Gasteiger charge is -2.26. The van der Waals surface area contributed by atoms with Gasteiger partial charge in [-0.2, -0.15) is 0 Å². The van der Waals surface area contributed by atoms with Gasteiger partial charge in [0.05, 0.1) is 12.2 Å². The molecule has 0 saturated carbocycles. The molecule has 2 heterocycles. The Kier molecular flexibility index (Phi) is 4.88. The highest BCUT2D eigenvalue weighted by molar-refractivity contribution is 5.89. The molecule has 1 aliphatic heterocycles. The monoisotopic (exact) mass is 359 g/mol. The second-order valence-electron chi connectivity index (χ2n) is 6.83. The second-order valence-corrected chi connectivity index (χ2v) is 6.83. The highest BCUT2D eigenvalue weighted by atomic mass is 16.5. The van der Waals surface area contributed by atoms with Crippen molar-refractivity contribution in [2.45, 2.75) is 25.2 Å². The third-order valence-electron chi connectivity index (χ3n) is 5.18. The van der Waals surface area contributed by atoms with Crippen LogP contribution in [0.1, 0.15) is 40.2 Å². The number of benzene rings is 2. The SMILES string of the molecule is O=C(O)c1ccncc1CC[C@@H]1CCOc2cc(-c3ccccc3)ccc21. The topological polar surface area (TPSA) is 59.4 Å². The van der Waals surface area contributed by atoms with Crippen LogP contribution >= 0.6 is 0 Å². The van der Waals surface area contributed by atoms with E-state index in [1.165, 1.54) is 17.3 Å². The van der Waals surface area contributed by atoms with Crippen LogP contribution < -0.4 is 4.74 Å². The number of aromatic nitrogens is 1. The molecule has 27 heavy (non-hydrogen) atoms. The van der Waals surface area contributed by atoms with Gasteiger partial charge >= 0.3 is 5.97 Å². The quantitative estimate of drug-likeness (QED) is 0.700. The minimum Gasteiger partial charge on any atom is -0.493 e. The zero-order valence-electron chi connectivity index (χ0n) is 15.0. The smallest absolute Gasteiger partial charge is 0.336 e. The van der Waals surface area contributed by atoms with Crippen molar-refractivity contribution in [2.24, 2.45) is 0 Å². The van der Waals surface area contributed by atoms with Gasteiger partial charge in [0.15, 0.2) is 0 Å². The van der Waals surface area contributed by atoms with E-state index in [0.717, 1.165) is 29.7 Å². The number of ether oxygens (including phenoxy) is 1. The molecule has 1 aliphatic rings. The van der Waals surface area contributed by atoms with Crippen molar-refractivity contribution in [3.8, 4) is 16.9 Å². The van der Waals surface area contributed by atoms with E-state index in [4.69, 9.17) is 4.74 Å². The van der Waals surface area contributed by atoms with Crippen molar-refractivity contribution in [2.75, 3.05) is 6.61 Å². The van der Waals surface area contributed by atoms with Crippen LogP contribution in [0.4, 0.5) is 0 Å². The lowest BCUT2D eigenvalue weighted by molar-refractivity contribution is 0.0695. The van der Waals surface area contributed by atoms with Crippen LogP contribution in [0.15, 0.2) is 67.0 Å². The lowest BCUT2D eigenvalue weighted by Crippen LogP contribution is -2.15. The van der Waals surface area contributed by atoms with Gasteiger partial charge in [-0.3, -0.25) is 4.98 Å². The van der Waals surface area contributed by atoms with Gasteiger partial charge in [0.2, 0.25) is 0 Å². The fourth-order valence-electron chi connectivity index (χ4n) is 3.74. The molecule has 1 atom stereocenters. The highest BCUT2D eigenvalue weighted by Crippen LogP contribution is 2.39. The molecule has 4 nitrogen and oxygen atoms in total. The first kappa shape index (κ1) is 17.3. The van der Waals surface area contributed by atoms with E-state index in [2.05, 4.69) is 35.3 Å². The number of rotatable bonds is 5. The molecule has 136 valence electrons. The van der Waals surface area contributed by atoms with Crippen molar-refractivity contribution in [1.82, 2.24) is 4.98 Å². The maximum absolute atomic E-state index is 11.4. The number of carboxylic acids is 1. The number of fused-ring (bicyclic) bond motifs is 1. The third-order valence-corrected chi connectivity index (χ3v) is 5.18. The van der Waals surface area contributed by atoms with Crippen LogP contribution in [0.5, 0.6) is 5.75 Å². The fourth-order valence-corrected chi connectivity index (χ4v) is 3.74. The number of carbonyl (C=O) groups is 1. The average Bonchev–Trinajstić information content (AvgIpc) is 2.72. The Bertz CT molecular complexity index is 953. The molecule has 0 amide bonds. The van der Waals surface area contributed by atoms with Gasteiger partial charge in [-0.15, -0.1) is 0 Å². The summed E-state index contributed by atoms with van der Waals surface area (Å²) in [5.74, 6) is 0.407. The summed E-state index contributed by atoms with van der Waals surface area (Å²) in [5.41, 5.74) is 4.67. The molecule has 1 aromatic heterocycles. The molecule has 2 aromatic carbocycles. The summed E-state index contributed by atoms with van der Waals surface area (Å²) in [6.07, 6.45) is 5.72. The number of hydrogen-bond acceptors (Lipinski definition) is 3. The predicted octanol–water partition coefficient (Wildman–Crippen LogP) is 4.95. The van der Waals surface area contributed by atoms with E-state index in [1.807, 2.05) is 18.2 Å². The molecule has 4 rings (SSSR count). The number of nitrogens with zero attached hydrogens (tertiary/aromatic N) is 1. The van der Waals surface area contributed by atoms with Crippen molar-refractivity contribution in [3.63, 3.8) is 0 Å². The Balaban J connectivity index is 1.55. The molecular weight excluding hydrogens is 338 g/mol. The highest BCUT2D eigenvalue weighted by Gasteiger charge is 2.22. The molecule has 0 saturated heterocycles. The lowest BCUT2D eigenvalue weighted by atomic mass is 9.86. The number of hydrogen-bond donors (Lipinski definition) is 1. The first-order chi connectivity index (χ1) is 13.2. The van der Waals surface area contributed by atoms with Gasteiger partial charge in [0.25, 0.3) is 0 Å². The molecule has 0 spiro atoms. The van der Waals surface area contributed by atoms with Crippen LogP contribution in [0.3, 0.4) is 0 Å². The summed E-state index contributed by atoms with van der Waals surface area (Å²) >= 11 is 0. The van der Waals surface area contributed by atoms with Crippen molar-refractivity contribution in [3.05, 3.63) is 83.7 Å². The molecule has 4 heteroatoms. The van der Waals surface area contributed by atoms with Gasteiger partial charge in [0, 0.05) is 12.4 Å². The minimum atomic E-state index is -0.896. The Morgan fingerprint density at radius 2 is 1.96 bits per heavy atom. The molecule has 0 fully saturated rings. The van der Waals surface area contributed by atoms with Crippen molar-refractivity contribution >= 4 is 5.97 Å². The molecule has 0 aliphatic carbocycles. The van der Waals surface area contributed by atoms with E-state index < -0.39 is 5.97 Å². The van der Waals surface area contributed by atoms with E-state index in [9.17, 15) is 9.90 Å². The third kappa shape index (κ3) is 3.70. The standard InChI is InChI=1S/C23H21NO3/c25-23(26)21-10-12-24-15-19(21)7-6-17-11-13-27-22-14-18(8-9-20(17)22)16-4-2-1-3-5-16/h1-5,8-10,12,14-15,17H,6-7,11,13H2,(H,25,26)/t17-/m1/s1. The van der Waals surface area contributed by atoms with E-state index in [1.54, 1.807) is 12.3 Å². The van der Waals surface area contributed by atoms with Crippen LogP contribution in [0.25, 0.3) is 11.1 Å². The van der Waals surface area contributed by atoms with Gasteiger partial charge in [-0.25, -0.2) is 4.79 Å². The zero-order chi connectivity index (χ0) is 18.6. The summed E-state index contributed by atoms with van der Waals surface area (Å²) < 4.78 is 5.92.